The van der Waals surface area contributed by atoms with Gasteiger partial charge in [0.15, 0.2) is 0 Å². The molecule has 90 valence electrons. The van der Waals surface area contributed by atoms with Crippen molar-refractivity contribution in [2.45, 2.75) is 0 Å². The fourth-order valence-corrected chi connectivity index (χ4v) is 1.92. The summed E-state index contributed by atoms with van der Waals surface area (Å²) in [7, 11) is 0. The molecule has 0 radical (unpaired) electrons. The molecule has 1 aromatic carbocycles. The molecule has 1 N–H and O–H groups in total. The summed E-state index contributed by atoms with van der Waals surface area (Å²) in [5, 5.41) is 14.2. The maximum absolute atomic E-state index is 8.72. The molecule has 0 unspecified atom stereocenters. The van der Waals surface area contributed by atoms with Gasteiger partial charge in [-0.3, -0.25) is 4.98 Å². The molecule has 3 rings (SSSR count). The molecule has 0 amide bonds. The Bertz CT molecular complexity index is 752. The third-order valence-electron chi connectivity index (χ3n) is 2.84. The molecule has 0 fully saturated rings. The highest BCUT2D eigenvalue weighted by Gasteiger charge is 2.01. The number of nitrogens with zero attached hydrogens (tertiary/aromatic N) is 3. The Morgan fingerprint density at radius 2 is 2.00 bits per heavy atom. The van der Waals surface area contributed by atoms with E-state index in [0.29, 0.717) is 5.69 Å². The lowest BCUT2D eigenvalue weighted by molar-refractivity contribution is 1.26. The summed E-state index contributed by atoms with van der Waals surface area (Å²) in [6.07, 6.45) is 5.25. The van der Waals surface area contributed by atoms with Crippen LogP contribution in [-0.2, 0) is 0 Å². The van der Waals surface area contributed by atoms with Gasteiger partial charge in [-0.2, -0.15) is 5.26 Å². The van der Waals surface area contributed by atoms with E-state index >= 15 is 0 Å². The number of hydrogen-bond acceptors (Lipinski definition) is 4. The average molecular weight is 246 g/mol. The minimum atomic E-state index is 0.410. The first-order chi connectivity index (χ1) is 9.36. The second-order valence-corrected chi connectivity index (χ2v) is 4.07. The number of anilines is 2. The van der Waals surface area contributed by atoms with Crippen molar-refractivity contribution < 1.29 is 0 Å². The standard InChI is InChI=1S/C15H10N4/c16-8-12-4-5-13(10-18-12)19-15-3-1-2-11-9-17-7-6-14(11)15/h1-7,9-10,19H. The fourth-order valence-electron chi connectivity index (χ4n) is 1.92. The predicted molar refractivity (Wildman–Crippen MR) is 74.0 cm³/mol. The summed E-state index contributed by atoms with van der Waals surface area (Å²) in [6, 6.07) is 13.5. The van der Waals surface area contributed by atoms with Crippen molar-refractivity contribution in [3.8, 4) is 6.07 Å². The van der Waals surface area contributed by atoms with E-state index in [0.717, 1.165) is 22.1 Å². The van der Waals surface area contributed by atoms with Crippen LogP contribution in [0.5, 0.6) is 0 Å². The zero-order chi connectivity index (χ0) is 13.1. The number of pyridine rings is 2. The minimum Gasteiger partial charge on any atom is -0.354 e. The molecule has 4 nitrogen and oxygen atoms in total. The monoisotopic (exact) mass is 246 g/mol. The highest BCUT2D eigenvalue weighted by atomic mass is 14.9. The molecular weight excluding hydrogens is 236 g/mol. The lowest BCUT2D eigenvalue weighted by Crippen LogP contribution is -1.93. The van der Waals surface area contributed by atoms with Crippen LogP contribution >= 0.6 is 0 Å². The summed E-state index contributed by atoms with van der Waals surface area (Å²) >= 11 is 0. The molecule has 0 saturated carbocycles. The minimum absolute atomic E-state index is 0.410. The molecule has 2 aromatic heterocycles. The van der Waals surface area contributed by atoms with Crippen molar-refractivity contribution in [3.63, 3.8) is 0 Å². The number of nitriles is 1. The van der Waals surface area contributed by atoms with E-state index in [2.05, 4.69) is 15.3 Å². The van der Waals surface area contributed by atoms with Crippen molar-refractivity contribution in [2.75, 3.05) is 5.32 Å². The van der Waals surface area contributed by atoms with Crippen molar-refractivity contribution in [1.29, 1.82) is 5.26 Å². The SMILES string of the molecule is N#Cc1ccc(Nc2cccc3cnccc23)cn1. The van der Waals surface area contributed by atoms with Crippen LogP contribution < -0.4 is 5.32 Å². The van der Waals surface area contributed by atoms with Crippen LogP contribution in [0.25, 0.3) is 10.8 Å². The van der Waals surface area contributed by atoms with Gasteiger partial charge in [0, 0.05) is 28.9 Å². The number of nitrogens with one attached hydrogen (secondary N) is 1. The fraction of sp³-hybridized carbons (Fsp3) is 0. The van der Waals surface area contributed by atoms with Gasteiger partial charge in [-0.25, -0.2) is 4.98 Å². The highest BCUT2D eigenvalue weighted by Crippen LogP contribution is 2.25. The molecule has 0 bridgehead atoms. The van der Waals surface area contributed by atoms with E-state index in [1.54, 1.807) is 18.5 Å². The second kappa shape index (κ2) is 4.75. The number of aromatic nitrogens is 2. The van der Waals surface area contributed by atoms with Crippen molar-refractivity contribution >= 4 is 22.1 Å². The van der Waals surface area contributed by atoms with Gasteiger partial charge >= 0.3 is 0 Å². The first kappa shape index (κ1) is 11.2. The van der Waals surface area contributed by atoms with Gasteiger partial charge in [0.25, 0.3) is 0 Å². The number of hydrogen-bond donors (Lipinski definition) is 1. The van der Waals surface area contributed by atoms with Crippen molar-refractivity contribution in [2.24, 2.45) is 0 Å². The molecule has 3 aromatic rings. The van der Waals surface area contributed by atoms with E-state index in [1.165, 1.54) is 0 Å². The Morgan fingerprint density at radius 1 is 1.05 bits per heavy atom. The molecule has 0 saturated heterocycles. The quantitative estimate of drug-likeness (QED) is 0.754. The maximum atomic E-state index is 8.72. The van der Waals surface area contributed by atoms with E-state index in [1.807, 2.05) is 42.6 Å². The summed E-state index contributed by atoms with van der Waals surface area (Å²) in [6.45, 7) is 0. The normalized spacial score (nSPS) is 10.1. The summed E-state index contributed by atoms with van der Waals surface area (Å²) in [4.78, 5) is 8.14. The molecule has 4 heteroatoms. The van der Waals surface area contributed by atoms with Gasteiger partial charge in [0.2, 0.25) is 0 Å². The smallest absolute Gasteiger partial charge is 0.140 e. The van der Waals surface area contributed by atoms with E-state index < -0.39 is 0 Å². The van der Waals surface area contributed by atoms with Gasteiger partial charge in [0.05, 0.1) is 11.9 Å². The number of rotatable bonds is 2. The van der Waals surface area contributed by atoms with Gasteiger partial charge in [-0.05, 0) is 24.3 Å². The molecule has 0 aliphatic heterocycles. The summed E-state index contributed by atoms with van der Waals surface area (Å²) in [5.41, 5.74) is 2.25. The Morgan fingerprint density at radius 3 is 2.79 bits per heavy atom. The highest BCUT2D eigenvalue weighted by molar-refractivity contribution is 5.94. The zero-order valence-corrected chi connectivity index (χ0v) is 10.0. The van der Waals surface area contributed by atoms with Crippen LogP contribution in [-0.4, -0.2) is 9.97 Å². The second-order valence-electron chi connectivity index (χ2n) is 4.07. The van der Waals surface area contributed by atoms with Crippen molar-refractivity contribution in [3.05, 3.63) is 60.7 Å². The van der Waals surface area contributed by atoms with Gasteiger partial charge in [-0.15, -0.1) is 0 Å². The van der Waals surface area contributed by atoms with Crippen LogP contribution in [0.1, 0.15) is 5.69 Å². The lowest BCUT2D eigenvalue weighted by Gasteiger charge is -2.09. The topological polar surface area (TPSA) is 61.6 Å². The van der Waals surface area contributed by atoms with Crippen LogP contribution in [0.3, 0.4) is 0 Å². The average Bonchev–Trinajstić information content (AvgIpc) is 2.48. The van der Waals surface area contributed by atoms with Crippen LogP contribution in [0.2, 0.25) is 0 Å². The van der Waals surface area contributed by atoms with E-state index in [-0.39, 0.29) is 0 Å². The molecule has 0 aliphatic rings. The van der Waals surface area contributed by atoms with Gasteiger partial charge < -0.3 is 5.32 Å². The van der Waals surface area contributed by atoms with Crippen LogP contribution in [0.4, 0.5) is 11.4 Å². The molecule has 2 heterocycles. The maximum Gasteiger partial charge on any atom is 0.140 e. The summed E-state index contributed by atoms with van der Waals surface area (Å²) < 4.78 is 0. The first-order valence-electron chi connectivity index (χ1n) is 5.83. The Balaban J connectivity index is 1.99. The first-order valence-corrected chi connectivity index (χ1v) is 5.83. The molecular formula is C15H10N4. The van der Waals surface area contributed by atoms with Crippen LogP contribution in [0.15, 0.2) is 55.0 Å². The molecule has 0 spiro atoms. The Kier molecular flexibility index (Phi) is 2.79. The summed E-state index contributed by atoms with van der Waals surface area (Å²) in [5.74, 6) is 0. The third kappa shape index (κ3) is 2.22. The molecule has 19 heavy (non-hydrogen) atoms. The number of benzene rings is 1. The largest absolute Gasteiger partial charge is 0.354 e. The zero-order valence-electron chi connectivity index (χ0n) is 10.0. The number of fused-ring (bicyclic) bond motifs is 1. The van der Waals surface area contributed by atoms with Crippen LogP contribution in [0, 0.1) is 11.3 Å². The lowest BCUT2D eigenvalue weighted by atomic mass is 10.1. The predicted octanol–water partition coefficient (Wildman–Crippen LogP) is 3.25. The van der Waals surface area contributed by atoms with E-state index in [4.69, 9.17) is 5.26 Å². The Hall–Kier alpha value is -2.93. The Labute approximate surface area is 110 Å². The van der Waals surface area contributed by atoms with E-state index in [9.17, 15) is 0 Å². The van der Waals surface area contributed by atoms with Gasteiger partial charge in [0.1, 0.15) is 11.8 Å². The van der Waals surface area contributed by atoms with Gasteiger partial charge in [-0.1, -0.05) is 12.1 Å². The molecule has 0 aliphatic carbocycles. The molecule has 0 atom stereocenters. The third-order valence-corrected chi connectivity index (χ3v) is 2.84. The van der Waals surface area contributed by atoms with Crippen molar-refractivity contribution in [1.82, 2.24) is 9.97 Å².